The van der Waals surface area contributed by atoms with E-state index in [2.05, 4.69) is 5.32 Å². The molecular weight excluding hydrogens is 375 g/mol. The summed E-state index contributed by atoms with van der Waals surface area (Å²) in [6, 6.07) is 0. The number of hydrogen-bond donors (Lipinski definition) is 1. The molecule has 2 atom stereocenters. The second kappa shape index (κ2) is 8.63. The van der Waals surface area contributed by atoms with E-state index in [4.69, 9.17) is 25.8 Å². The summed E-state index contributed by atoms with van der Waals surface area (Å²) in [7, 11) is 4.35. The number of nitrogens with one attached hydrogen (secondary N) is 1. The minimum Gasteiger partial charge on any atom is -0.499 e. The Morgan fingerprint density at radius 1 is 1.12 bits per heavy atom. The molecule has 5 nitrogen and oxygen atoms in total. The topological polar surface area (TPSA) is 56.8 Å². The maximum Gasteiger partial charge on any atom is 0.414 e. The highest BCUT2D eigenvalue weighted by molar-refractivity contribution is 6.30. The molecule has 1 N–H and O–H groups in total. The van der Waals surface area contributed by atoms with Crippen molar-refractivity contribution >= 4 is 17.5 Å². The maximum atomic E-state index is 13.2. The van der Waals surface area contributed by atoms with Gasteiger partial charge >= 0.3 is 6.18 Å². The van der Waals surface area contributed by atoms with Crippen LogP contribution in [0.5, 0.6) is 0 Å². The molecular formula is C17H23ClF3NO4. The summed E-state index contributed by atoms with van der Waals surface area (Å²) in [6.45, 7) is 0. The first-order chi connectivity index (χ1) is 12.2. The number of amides is 1. The van der Waals surface area contributed by atoms with Crippen molar-refractivity contribution in [2.75, 3.05) is 21.3 Å². The van der Waals surface area contributed by atoms with Crippen LogP contribution in [0.4, 0.5) is 13.2 Å². The quantitative estimate of drug-likeness (QED) is 0.769. The van der Waals surface area contributed by atoms with Crippen LogP contribution in [0, 0.1) is 5.92 Å². The fourth-order valence-electron chi connectivity index (χ4n) is 3.51. The normalized spacial score (nSPS) is 27.6. The predicted octanol–water partition coefficient (Wildman–Crippen LogP) is 3.64. The highest BCUT2D eigenvalue weighted by Crippen LogP contribution is 2.41. The van der Waals surface area contributed by atoms with Crippen molar-refractivity contribution in [3.63, 3.8) is 0 Å². The Hall–Kier alpha value is -1.25. The zero-order valence-corrected chi connectivity index (χ0v) is 15.7. The summed E-state index contributed by atoms with van der Waals surface area (Å²) in [5, 5.41) is 2.28. The van der Waals surface area contributed by atoms with Crippen LogP contribution in [0.15, 0.2) is 22.1 Å². The summed E-state index contributed by atoms with van der Waals surface area (Å²) in [5.74, 6) is -0.831. The average Bonchev–Trinajstić information content (AvgIpc) is 2.60. The number of carbonyl (C=O) groups excluding carboxylic acids is 1. The predicted molar refractivity (Wildman–Crippen MR) is 89.3 cm³/mol. The fourth-order valence-corrected chi connectivity index (χ4v) is 3.80. The van der Waals surface area contributed by atoms with Crippen molar-refractivity contribution in [2.45, 2.75) is 50.5 Å². The molecule has 0 aromatic heterocycles. The molecule has 0 heterocycles. The third-order valence-electron chi connectivity index (χ3n) is 4.88. The molecule has 1 amide bonds. The van der Waals surface area contributed by atoms with Gasteiger partial charge in [-0.3, -0.25) is 4.79 Å². The van der Waals surface area contributed by atoms with E-state index in [-0.39, 0.29) is 35.1 Å². The van der Waals surface area contributed by atoms with Crippen LogP contribution in [-0.4, -0.2) is 45.6 Å². The largest absolute Gasteiger partial charge is 0.499 e. The van der Waals surface area contributed by atoms with Crippen molar-refractivity contribution in [3.05, 3.63) is 22.1 Å². The lowest BCUT2D eigenvalue weighted by Crippen LogP contribution is -2.48. The van der Waals surface area contributed by atoms with Gasteiger partial charge in [-0.15, -0.1) is 0 Å². The summed E-state index contributed by atoms with van der Waals surface area (Å²) >= 11 is 5.78. The van der Waals surface area contributed by atoms with Gasteiger partial charge in [-0.1, -0.05) is 11.6 Å². The van der Waals surface area contributed by atoms with E-state index in [9.17, 15) is 18.0 Å². The molecule has 0 spiro atoms. The molecule has 0 saturated heterocycles. The number of allylic oxidation sites excluding steroid dienone is 2. The minimum absolute atomic E-state index is 0.0736. The lowest BCUT2D eigenvalue weighted by atomic mass is 9.82. The number of alkyl halides is 3. The molecule has 0 bridgehead atoms. The Kier molecular flexibility index (Phi) is 6.99. The molecule has 26 heavy (non-hydrogen) atoms. The molecule has 0 aromatic rings. The Bertz CT molecular complexity index is 591. The molecule has 148 valence electrons. The summed E-state index contributed by atoms with van der Waals surface area (Å²) in [4.78, 5) is 12.8. The van der Waals surface area contributed by atoms with E-state index >= 15 is 0 Å². The molecule has 2 aliphatic carbocycles. The first-order valence-electron chi connectivity index (χ1n) is 8.30. The third kappa shape index (κ3) is 4.53. The SMILES string of the molecule is COC1=C(NC(=O)C2C(OC)CCCC2OC)CC(C(F)(F)F)=C(Cl)C1. The van der Waals surface area contributed by atoms with Gasteiger partial charge in [0.1, 0.15) is 5.76 Å². The van der Waals surface area contributed by atoms with E-state index in [1.807, 2.05) is 0 Å². The van der Waals surface area contributed by atoms with Gasteiger partial charge in [0.25, 0.3) is 0 Å². The van der Waals surface area contributed by atoms with E-state index in [0.29, 0.717) is 12.8 Å². The molecule has 1 saturated carbocycles. The van der Waals surface area contributed by atoms with Crippen molar-refractivity contribution in [3.8, 4) is 0 Å². The molecule has 1 fully saturated rings. The first-order valence-corrected chi connectivity index (χ1v) is 8.67. The van der Waals surface area contributed by atoms with Gasteiger partial charge in [0.2, 0.25) is 5.91 Å². The summed E-state index contributed by atoms with van der Waals surface area (Å²) in [6.07, 6.45) is -3.82. The Balaban J connectivity index is 2.22. The highest BCUT2D eigenvalue weighted by Gasteiger charge is 2.42. The van der Waals surface area contributed by atoms with Gasteiger partial charge in [0, 0.05) is 32.1 Å². The Morgan fingerprint density at radius 2 is 1.69 bits per heavy atom. The lowest BCUT2D eigenvalue weighted by Gasteiger charge is -2.36. The molecule has 2 rings (SSSR count). The highest BCUT2D eigenvalue weighted by atomic mass is 35.5. The smallest absolute Gasteiger partial charge is 0.414 e. The molecule has 0 aromatic carbocycles. The third-order valence-corrected chi connectivity index (χ3v) is 5.24. The van der Waals surface area contributed by atoms with Crippen molar-refractivity contribution in [2.24, 2.45) is 5.92 Å². The number of hydrogen-bond acceptors (Lipinski definition) is 4. The second-order valence-corrected chi connectivity index (χ2v) is 6.79. The van der Waals surface area contributed by atoms with Gasteiger partial charge in [-0.2, -0.15) is 13.2 Å². The van der Waals surface area contributed by atoms with E-state index in [0.717, 1.165) is 6.42 Å². The second-order valence-electron chi connectivity index (χ2n) is 6.33. The Labute approximate surface area is 155 Å². The van der Waals surface area contributed by atoms with Crippen LogP contribution in [0.3, 0.4) is 0 Å². The number of ether oxygens (including phenoxy) is 3. The van der Waals surface area contributed by atoms with Crippen LogP contribution >= 0.6 is 11.6 Å². The molecule has 2 unspecified atom stereocenters. The van der Waals surface area contributed by atoms with E-state index < -0.39 is 30.0 Å². The molecule has 9 heteroatoms. The van der Waals surface area contributed by atoms with Crippen LogP contribution in [-0.2, 0) is 19.0 Å². The van der Waals surface area contributed by atoms with Gasteiger partial charge in [-0.05, 0) is 19.3 Å². The number of halogens is 4. The van der Waals surface area contributed by atoms with Crippen molar-refractivity contribution in [1.29, 1.82) is 0 Å². The number of methoxy groups -OCH3 is 3. The lowest BCUT2D eigenvalue weighted by molar-refractivity contribution is -0.140. The van der Waals surface area contributed by atoms with Crippen LogP contribution in [0.2, 0.25) is 0 Å². The van der Waals surface area contributed by atoms with Gasteiger partial charge < -0.3 is 19.5 Å². The number of rotatable bonds is 5. The zero-order valence-electron chi connectivity index (χ0n) is 14.9. The van der Waals surface area contributed by atoms with Crippen LogP contribution in [0.25, 0.3) is 0 Å². The van der Waals surface area contributed by atoms with Crippen molar-refractivity contribution < 1.29 is 32.2 Å². The zero-order chi connectivity index (χ0) is 19.5. The standard InChI is InChI=1S/C17H23ClF3NO4/c1-24-12-5-4-6-13(25-2)15(12)16(23)22-11-7-9(17(19,20)21)10(18)8-14(11)26-3/h12-13,15H,4-8H2,1-3H3,(H,22,23). The summed E-state index contributed by atoms with van der Waals surface area (Å²) < 4.78 is 55.4. The molecule has 0 radical (unpaired) electrons. The number of carbonyl (C=O) groups is 1. The van der Waals surface area contributed by atoms with E-state index in [1.165, 1.54) is 21.3 Å². The van der Waals surface area contributed by atoms with Gasteiger partial charge in [0.15, 0.2) is 0 Å². The van der Waals surface area contributed by atoms with Crippen LogP contribution in [0.1, 0.15) is 32.1 Å². The van der Waals surface area contributed by atoms with Crippen LogP contribution < -0.4 is 5.32 Å². The molecule has 2 aliphatic rings. The van der Waals surface area contributed by atoms with Gasteiger partial charge in [-0.25, -0.2) is 0 Å². The average molecular weight is 398 g/mol. The minimum atomic E-state index is -4.57. The molecule has 0 aliphatic heterocycles. The maximum absolute atomic E-state index is 13.2. The monoisotopic (exact) mass is 397 g/mol. The Morgan fingerprint density at radius 3 is 2.15 bits per heavy atom. The van der Waals surface area contributed by atoms with Crippen molar-refractivity contribution in [1.82, 2.24) is 5.32 Å². The van der Waals surface area contributed by atoms with E-state index in [1.54, 1.807) is 0 Å². The van der Waals surface area contributed by atoms with Gasteiger partial charge in [0.05, 0.1) is 36.5 Å². The fraction of sp³-hybridized carbons (Fsp3) is 0.706. The first kappa shape index (κ1) is 21.1. The summed E-state index contributed by atoms with van der Waals surface area (Å²) in [5.41, 5.74) is -0.796.